The van der Waals surface area contributed by atoms with Gasteiger partial charge < -0.3 is 4.42 Å². The fourth-order valence-electron chi connectivity index (χ4n) is 1.95. The quantitative estimate of drug-likeness (QED) is 0.591. The van der Waals surface area contributed by atoms with E-state index in [1.165, 1.54) is 12.1 Å². The lowest BCUT2D eigenvalue weighted by atomic mass is 10.1. The predicted octanol–water partition coefficient (Wildman–Crippen LogP) is 5.22. The zero-order chi connectivity index (χ0) is 14.3. The Bertz CT molecular complexity index is 826. The van der Waals surface area contributed by atoms with Gasteiger partial charge in [0.15, 0.2) is 5.76 Å². The number of furan rings is 1. The zero-order valence-electron chi connectivity index (χ0n) is 9.99. The topological polar surface area (TPSA) is 30.2 Å². The van der Waals surface area contributed by atoms with Crippen molar-refractivity contribution in [3.8, 4) is 0 Å². The number of fused-ring (bicyclic) bond motifs is 1. The molecule has 0 amide bonds. The van der Waals surface area contributed by atoms with Gasteiger partial charge in [-0.1, -0.05) is 23.7 Å². The third kappa shape index (κ3) is 2.25. The third-order valence-corrected chi connectivity index (χ3v) is 3.76. The highest BCUT2D eigenvalue weighted by molar-refractivity contribution is 9.10. The second-order valence-electron chi connectivity index (χ2n) is 4.22. The van der Waals surface area contributed by atoms with Crippen LogP contribution in [0.3, 0.4) is 0 Å². The van der Waals surface area contributed by atoms with E-state index in [-0.39, 0.29) is 16.3 Å². The number of benzene rings is 2. The van der Waals surface area contributed by atoms with E-state index in [4.69, 9.17) is 16.0 Å². The van der Waals surface area contributed by atoms with Gasteiger partial charge in [0.05, 0.1) is 10.0 Å². The van der Waals surface area contributed by atoms with E-state index < -0.39 is 11.6 Å². The van der Waals surface area contributed by atoms with E-state index >= 15 is 0 Å². The summed E-state index contributed by atoms with van der Waals surface area (Å²) < 4.78 is 20.0. The van der Waals surface area contributed by atoms with Gasteiger partial charge in [0, 0.05) is 10.4 Å². The number of carbonyl (C=O) groups is 1. The molecule has 1 heterocycles. The van der Waals surface area contributed by atoms with Crippen molar-refractivity contribution >= 4 is 44.3 Å². The van der Waals surface area contributed by atoms with E-state index in [1.54, 1.807) is 6.07 Å². The maximum atomic E-state index is 13.8. The van der Waals surface area contributed by atoms with E-state index in [0.29, 0.717) is 5.58 Å². The highest BCUT2D eigenvalue weighted by Crippen LogP contribution is 2.28. The number of halogens is 3. The molecule has 0 saturated carbocycles. The number of para-hydroxylation sites is 1. The Morgan fingerprint density at radius 1 is 1.20 bits per heavy atom. The molecule has 0 atom stereocenters. The molecule has 20 heavy (non-hydrogen) atoms. The average molecular weight is 354 g/mol. The molecule has 5 heteroatoms. The van der Waals surface area contributed by atoms with Gasteiger partial charge in [-0.25, -0.2) is 4.39 Å². The fraction of sp³-hybridized carbons (Fsp3) is 0. The minimum atomic E-state index is -0.665. The van der Waals surface area contributed by atoms with Crippen LogP contribution in [0.2, 0.25) is 5.02 Å². The van der Waals surface area contributed by atoms with Crippen LogP contribution in [0.5, 0.6) is 0 Å². The van der Waals surface area contributed by atoms with Crippen molar-refractivity contribution in [1.82, 2.24) is 0 Å². The summed E-state index contributed by atoms with van der Waals surface area (Å²) >= 11 is 9.01. The number of ketones is 1. The minimum Gasteiger partial charge on any atom is -0.451 e. The largest absolute Gasteiger partial charge is 0.451 e. The molecule has 0 fully saturated rings. The van der Waals surface area contributed by atoms with Crippen molar-refractivity contribution in [2.24, 2.45) is 0 Å². The monoisotopic (exact) mass is 352 g/mol. The molecule has 3 rings (SSSR count). The summed E-state index contributed by atoms with van der Waals surface area (Å²) in [5.41, 5.74) is 0.495. The van der Waals surface area contributed by atoms with Gasteiger partial charge in [0.2, 0.25) is 5.78 Å². The summed E-state index contributed by atoms with van der Waals surface area (Å²) in [5.74, 6) is -1.09. The van der Waals surface area contributed by atoms with Crippen LogP contribution in [0.15, 0.2) is 51.4 Å². The van der Waals surface area contributed by atoms with E-state index in [9.17, 15) is 9.18 Å². The van der Waals surface area contributed by atoms with Gasteiger partial charge in [-0.3, -0.25) is 4.79 Å². The third-order valence-electron chi connectivity index (χ3n) is 2.90. The lowest BCUT2D eigenvalue weighted by Gasteiger charge is -2.00. The Morgan fingerprint density at radius 3 is 2.70 bits per heavy atom. The lowest BCUT2D eigenvalue weighted by molar-refractivity contribution is 0.101. The molecular formula is C15H7BrClFO2. The lowest BCUT2D eigenvalue weighted by Crippen LogP contribution is -2.02. The highest BCUT2D eigenvalue weighted by atomic mass is 79.9. The molecule has 1 aromatic heterocycles. The van der Waals surface area contributed by atoms with Crippen LogP contribution in [0.25, 0.3) is 11.0 Å². The normalized spacial score (nSPS) is 10.9. The summed E-state index contributed by atoms with van der Waals surface area (Å²) in [4.78, 5) is 12.3. The Morgan fingerprint density at radius 2 is 2.00 bits per heavy atom. The summed E-state index contributed by atoms with van der Waals surface area (Å²) in [6, 6.07) is 11.0. The van der Waals surface area contributed by atoms with E-state index in [2.05, 4.69) is 15.9 Å². The Kier molecular flexibility index (Phi) is 3.36. The van der Waals surface area contributed by atoms with Crippen LogP contribution in [0.1, 0.15) is 16.1 Å². The van der Waals surface area contributed by atoms with Crippen molar-refractivity contribution in [2.75, 3.05) is 0 Å². The average Bonchev–Trinajstić information content (AvgIpc) is 2.83. The van der Waals surface area contributed by atoms with Crippen molar-refractivity contribution in [3.63, 3.8) is 0 Å². The molecule has 0 aliphatic rings. The van der Waals surface area contributed by atoms with Gasteiger partial charge in [-0.15, -0.1) is 0 Å². The minimum absolute atomic E-state index is 0.0652. The number of hydrogen-bond acceptors (Lipinski definition) is 2. The maximum absolute atomic E-state index is 13.8. The van der Waals surface area contributed by atoms with Crippen LogP contribution in [-0.2, 0) is 0 Å². The van der Waals surface area contributed by atoms with Gasteiger partial charge in [0.1, 0.15) is 11.4 Å². The number of carbonyl (C=O) groups excluding carboxylic acids is 1. The van der Waals surface area contributed by atoms with Crippen molar-refractivity contribution in [3.05, 3.63) is 69.1 Å². The molecule has 0 unspecified atom stereocenters. The Labute approximate surface area is 127 Å². The molecule has 100 valence electrons. The van der Waals surface area contributed by atoms with Gasteiger partial charge in [0.25, 0.3) is 0 Å². The molecule has 0 saturated heterocycles. The first kappa shape index (κ1) is 13.3. The van der Waals surface area contributed by atoms with Crippen LogP contribution in [0.4, 0.5) is 4.39 Å². The molecular weight excluding hydrogens is 347 g/mol. The highest BCUT2D eigenvalue weighted by Gasteiger charge is 2.19. The van der Waals surface area contributed by atoms with Gasteiger partial charge in [-0.2, -0.15) is 0 Å². The zero-order valence-corrected chi connectivity index (χ0v) is 12.3. The second-order valence-corrected chi connectivity index (χ2v) is 5.51. The van der Waals surface area contributed by atoms with Crippen molar-refractivity contribution in [2.45, 2.75) is 0 Å². The first-order chi connectivity index (χ1) is 9.56. The van der Waals surface area contributed by atoms with E-state index in [0.717, 1.165) is 15.9 Å². The molecule has 0 aliphatic heterocycles. The Balaban J connectivity index is 2.10. The fourth-order valence-corrected chi connectivity index (χ4v) is 2.57. The molecule has 0 bridgehead atoms. The molecule has 0 aliphatic carbocycles. The number of rotatable bonds is 2. The van der Waals surface area contributed by atoms with Gasteiger partial charge in [-0.05, 0) is 46.3 Å². The van der Waals surface area contributed by atoms with Crippen LogP contribution in [0, 0.1) is 5.82 Å². The molecule has 3 aromatic rings. The van der Waals surface area contributed by atoms with Gasteiger partial charge >= 0.3 is 0 Å². The second kappa shape index (κ2) is 5.04. The molecule has 0 N–H and O–H groups in total. The van der Waals surface area contributed by atoms with Crippen LogP contribution in [-0.4, -0.2) is 5.78 Å². The molecule has 0 spiro atoms. The Hall–Kier alpha value is -1.65. The summed E-state index contributed by atoms with van der Waals surface area (Å²) in [5, 5.41) is 1.02. The predicted molar refractivity (Wildman–Crippen MR) is 78.8 cm³/mol. The molecule has 0 radical (unpaired) electrons. The number of hydrogen-bond donors (Lipinski definition) is 0. The SMILES string of the molecule is O=C(c1cc2cccc(Br)c2o1)c1ccc(Cl)cc1F. The van der Waals surface area contributed by atoms with Crippen molar-refractivity contribution in [1.29, 1.82) is 0 Å². The van der Waals surface area contributed by atoms with Crippen molar-refractivity contribution < 1.29 is 13.6 Å². The van der Waals surface area contributed by atoms with Crippen LogP contribution >= 0.6 is 27.5 Å². The molecule has 2 nitrogen and oxygen atoms in total. The van der Waals surface area contributed by atoms with E-state index in [1.807, 2.05) is 18.2 Å². The first-order valence-corrected chi connectivity index (χ1v) is 6.91. The maximum Gasteiger partial charge on any atom is 0.231 e. The smallest absolute Gasteiger partial charge is 0.231 e. The summed E-state index contributed by atoms with van der Waals surface area (Å²) in [6.07, 6.45) is 0. The van der Waals surface area contributed by atoms with Crippen LogP contribution < -0.4 is 0 Å². The molecule has 2 aromatic carbocycles. The summed E-state index contributed by atoms with van der Waals surface area (Å²) in [7, 11) is 0. The first-order valence-electron chi connectivity index (χ1n) is 5.74. The standard InChI is InChI=1S/C15H7BrClFO2/c16-11-3-1-2-8-6-13(20-15(8)11)14(19)10-5-4-9(17)7-12(10)18/h1-7H. The summed E-state index contributed by atoms with van der Waals surface area (Å²) in [6.45, 7) is 0.